The van der Waals surface area contributed by atoms with Crippen molar-refractivity contribution in [2.45, 2.75) is 13.0 Å². The molecule has 1 aromatic heterocycles. The molecule has 1 aliphatic rings. The maximum Gasteiger partial charge on any atom is 0.249 e. The molecule has 1 atom stereocenters. The number of aromatic nitrogens is 2. The first kappa shape index (κ1) is 13.3. The molecule has 3 rings (SSSR count). The normalized spacial score (nSPS) is 18.8. The fourth-order valence-electron chi connectivity index (χ4n) is 2.36. The Morgan fingerprint density at radius 1 is 1.29 bits per heavy atom. The zero-order valence-electron chi connectivity index (χ0n) is 11.8. The molecule has 0 spiro atoms. The topological polar surface area (TPSA) is 87.2 Å². The fraction of sp³-hybridized carbons (Fsp3) is 0.286. The Labute approximate surface area is 121 Å². The van der Waals surface area contributed by atoms with Crippen LogP contribution >= 0.6 is 0 Å². The summed E-state index contributed by atoms with van der Waals surface area (Å²) in [6, 6.07) is 7.05. The molecule has 2 aromatic rings. The van der Waals surface area contributed by atoms with Crippen LogP contribution in [0.4, 0.5) is 11.8 Å². The van der Waals surface area contributed by atoms with E-state index in [9.17, 15) is 9.59 Å². The van der Waals surface area contributed by atoms with Gasteiger partial charge in [-0.25, -0.2) is 4.98 Å². The van der Waals surface area contributed by atoms with Crippen molar-refractivity contribution in [1.82, 2.24) is 15.3 Å². The summed E-state index contributed by atoms with van der Waals surface area (Å²) in [6.45, 7) is 1.84. The van der Waals surface area contributed by atoms with Gasteiger partial charge in [0, 0.05) is 12.4 Å². The molecule has 21 heavy (non-hydrogen) atoms. The largest absolute Gasteiger partial charge is 0.357 e. The Kier molecular flexibility index (Phi) is 3.17. The highest BCUT2D eigenvalue weighted by atomic mass is 16.2. The van der Waals surface area contributed by atoms with Crippen LogP contribution in [-0.4, -0.2) is 41.4 Å². The van der Waals surface area contributed by atoms with E-state index in [0.717, 1.165) is 10.9 Å². The highest BCUT2D eigenvalue weighted by Gasteiger charge is 2.32. The van der Waals surface area contributed by atoms with Crippen molar-refractivity contribution in [3.05, 3.63) is 24.3 Å². The molecule has 0 saturated carbocycles. The molecule has 2 heterocycles. The Bertz CT molecular complexity index is 730. The van der Waals surface area contributed by atoms with Crippen molar-refractivity contribution in [3.8, 4) is 0 Å². The third kappa shape index (κ3) is 2.26. The van der Waals surface area contributed by atoms with Crippen molar-refractivity contribution >= 4 is 34.5 Å². The van der Waals surface area contributed by atoms with Crippen molar-refractivity contribution < 1.29 is 9.59 Å². The van der Waals surface area contributed by atoms with Gasteiger partial charge in [0.25, 0.3) is 0 Å². The molecule has 7 nitrogen and oxygen atoms in total. The van der Waals surface area contributed by atoms with Crippen LogP contribution < -0.4 is 15.5 Å². The number of hydrogen-bond donors (Lipinski definition) is 2. The molecule has 7 heteroatoms. The SMILES string of the molecule is CNc1nc(N2CC(=O)NC(=O)C2C)c2ccccc2n1. The number of carbonyl (C=O) groups excluding carboxylic acids is 2. The van der Waals surface area contributed by atoms with E-state index in [1.165, 1.54) is 0 Å². The molecule has 1 aliphatic heterocycles. The van der Waals surface area contributed by atoms with Gasteiger partial charge in [-0.2, -0.15) is 4.98 Å². The Morgan fingerprint density at radius 3 is 2.81 bits per heavy atom. The number of amides is 2. The molecule has 1 aromatic carbocycles. The number of hydrogen-bond acceptors (Lipinski definition) is 6. The summed E-state index contributed by atoms with van der Waals surface area (Å²) in [5, 5.41) is 6.04. The zero-order chi connectivity index (χ0) is 15.0. The van der Waals surface area contributed by atoms with E-state index in [1.807, 2.05) is 24.3 Å². The monoisotopic (exact) mass is 285 g/mol. The van der Waals surface area contributed by atoms with E-state index < -0.39 is 6.04 Å². The maximum absolute atomic E-state index is 11.8. The van der Waals surface area contributed by atoms with Gasteiger partial charge in [-0.3, -0.25) is 14.9 Å². The van der Waals surface area contributed by atoms with Gasteiger partial charge >= 0.3 is 0 Å². The fourth-order valence-corrected chi connectivity index (χ4v) is 2.36. The first-order valence-corrected chi connectivity index (χ1v) is 6.65. The second kappa shape index (κ2) is 5.01. The molecule has 1 unspecified atom stereocenters. The first-order valence-electron chi connectivity index (χ1n) is 6.65. The van der Waals surface area contributed by atoms with Crippen LogP contribution in [0.15, 0.2) is 24.3 Å². The van der Waals surface area contributed by atoms with Crippen LogP contribution in [0.5, 0.6) is 0 Å². The molecular weight excluding hydrogens is 270 g/mol. The van der Waals surface area contributed by atoms with E-state index in [0.29, 0.717) is 11.8 Å². The molecule has 108 valence electrons. The number of piperazine rings is 1. The summed E-state index contributed by atoms with van der Waals surface area (Å²) < 4.78 is 0. The van der Waals surface area contributed by atoms with E-state index in [4.69, 9.17) is 0 Å². The Balaban J connectivity index is 2.18. The van der Waals surface area contributed by atoms with Crippen molar-refractivity contribution in [3.63, 3.8) is 0 Å². The number of nitrogens with zero attached hydrogens (tertiary/aromatic N) is 3. The van der Waals surface area contributed by atoms with Crippen LogP contribution in [0, 0.1) is 0 Å². The van der Waals surface area contributed by atoms with E-state index >= 15 is 0 Å². The van der Waals surface area contributed by atoms with Crippen LogP contribution in [0.2, 0.25) is 0 Å². The summed E-state index contributed by atoms with van der Waals surface area (Å²) in [5.41, 5.74) is 0.762. The smallest absolute Gasteiger partial charge is 0.249 e. The minimum absolute atomic E-state index is 0.0943. The lowest BCUT2D eigenvalue weighted by atomic mass is 10.1. The number of nitrogens with one attached hydrogen (secondary N) is 2. The van der Waals surface area contributed by atoms with E-state index in [2.05, 4.69) is 20.6 Å². The van der Waals surface area contributed by atoms with Gasteiger partial charge in [0.2, 0.25) is 17.8 Å². The van der Waals surface area contributed by atoms with E-state index in [-0.39, 0.29) is 18.4 Å². The van der Waals surface area contributed by atoms with Gasteiger partial charge in [0.05, 0.1) is 12.1 Å². The minimum Gasteiger partial charge on any atom is -0.357 e. The zero-order valence-corrected chi connectivity index (χ0v) is 11.8. The number of fused-ring (bicyclic) bond motifs is 1. The second-order valence-corrected chi connectivity index (χ2v) is 4.85. The third-order valence-electron chi connectivity index (χ3n) is 3.50. The molecule has 0 aliphatic carbocycles. The van der Waals surface area contributed by atoms with Crippen LogP contribution in [0.25, 0.3) is 10.9 Å². The van der Waals surface area contributed by atoms with Gasteiger partial charge in [-0.15, -0.1) is 0 Å². The van der Waals surface area contributed by atoms with Crippen LogP contribution in [0.3, 0.4) is 0 Å². The number of para-hydroxylation sites is 1. The number of carbonyl (C=O) groups is 2. The van der Waals surface area contributed by atoms with Gasteiger partial charge in [0.1, 0.15) is 11.9 Å². The summed E-state index contributed by atoms with van der Waals surface area (Å²) in [5.74, 6) is 0.390. The second-order valence-electron chi connectivity index (χ2n) is 4.85. The quantitative estimate of drug-likeness (QED) is 0.782. The highest BCUT2D eigenvalue weighted by molar-refractivity contribution is 6.06. The molecule has 0 bridgehead atoms. The Morgan fingerprint density at radius 2 is 2.05 bits per heavy atom. The maximum atomic E-state index is 11.8. The van der Waals surface area contributed by atoms with E-state index in [1.54, 1.807) is 18.9 Å². The standard InChI is InChI=1S/C14H15N5O2/c1-8-13(21)17-11(20)7-19(8)12-9-5-3-4-6-10(9)16-14(15-2)18-12/h3-6,8H,7H2,1-2H3,(H,15,16,18)(H,17,20,21). The predicted molar refractivity (Wildman–Crippen MR) is 79.0 cm³/mol. The molecule has 2 N–H and O–H groups in total. The summed E-state index contributed by atoms with van der Waals surface area (Å²) in [4.78, 5) is 34.0. The van der Waals surface area contributed by atoms with Gasteiger partial charge in [-0.1, -0.05) is 12.1 Å². The van der Waals surface area contributed by atoms with Crippen molar-refractivity contribution in [2.75, 3.05) is 23.8 Å². The van der Waals surface area contributed by atoms with Crippen molar-refractivity contribution in [1.29, 1.82) is 0 Å². The lowest BCUT2D eigenvalue weighted by Crippen LogP contribution is -2.57. The number of benzene rings is 1. The van der Waals surface area contributed by atoms with Gasteiger partial charge in [-0.05, 0) is 19.1 Å². The van der Waals surface area contributed by atoms with Crippen molar-refractivity contribution in [2.24, 2.45) is 0 Å². The average molecular weight is 285 g/mol. The van der Waals surface area contributed by atoms with Gasteiger partial charge in [0.15, 0.2) is 0 Å². The lowest BCUT2D eigenvalue weighted by molar-refractivity contribution is -0.132. The van der Waals surface area contributed by atoms with Crippen LogP contribution in [-0.2, 0) is 9.59 Å². The molecular formula is C14H15N5O2. The molecule has 1 fully saturated rings. The Hall–Kier alpha value is -2.70. The summed E-state index contributed by atoms with van der Waals surface area (Å²) >= 11 is 0. The number of rotatable bonds is 2. The minimum atomic E-state index is -0.467. The third-order valence-corrected chi connectivity index (χ3v) is 3.50. The molecule has 1 saturated heterocycles. The predicted octanol–water partition coefficient (Wildman–Crippen LogP) is 0.523. The average Bonchev–Trinajstić information content (AvgIpc) is 2.49. The number of anilines is 2. The highest BCUT2D eigenvalue weighted by Crippen LogP contribution is 2.27. The molecule has 0 radical (unpaired) electrons. The summed E-state index contributed by atoms with van der Waals surface area (Å²) in [6.07, 6.45) is 0. The molecule has 2 amide bonds. The van der Waals surface area contributed by atoms with Gasteiger partial charge < -0.3 is 10.2 Å². The first-order chi connectivity index (χ1) is 10.1. The lowest BCUT2D eigenvalue weighted by Gasteiger charge is -2.33. The summed E-state index contributed by atoms with van der Waals surface area (Å²) in [7, 11) is 1.73. The number of imide groups is 1. The van der Waals surface area contributed by atoms with Crippen LogP contribution in [0.1, 0.15) is 6.92 Å².